The third-order valence-electron chi connectivity index (χ3n) is 3.83. The molecule has 1 N–H and O–H groups in total. The second-order valence-corrected chi connectivity index (χ2v) is 7.14. The van der Waals surface area contributed by atoms with Gasteiger partial charge in [-0.2, -0.15) is 0 Å². The highest BCUT2D eigenvalue weighted by atomic mass is 79.9. The molecule has 3 atom stereocenters. The van der Waals surface area contributed by atoms with E-state index in [4.69, 9.17) is 0 Å². The molecule has 18 heavy (non-hydrogen) atoms. The molecule has 0 aromatic heterocycles. The molecular formula is C15H21Br2N. The average molecular weight is 375 g/mol. The Morgan fingerprint density at radius 2 is 2.00 bits per heavy atom. The molecule has 1 fully saturated rings. The molecule has 0 amide bonds. The second kappa shape index (κ2) is 6.06. The standard InChI is InChI=1S/C15H21Br2N/c1-4-5-18-15(11-6-9(11)2)12-8-13(16)10(3)7-14(12)17/h7-9,11,15,18H,4-6H2,1-3H3. The third-order valence-corrected chi connectivity index (χ3v) is 5.37. The van der Waals surface area contributed by atoms with E-state index in [1.807, 2.05) is 0 Å². The Balaban J connectivity index is 2.27. The maximum absolute atomic E-state index is 3.73. The summed E-state index contributed by atoms with van der Waals surface area (Å²) in [7, 11) is 0. The van der Waals surface area contributed by atoms with Crippen molar-refractivity contribution in [2.24, 2.45) is 11.8 Å². The van der Waals surface area contributed by atoms with Gasteiger partial charge < -0.3 is 5.32 Å². The van der Waals surface area contributed by atoms with Crippen molar-refractivity contribution in [3.05, 3.63) is 32.2 Å². The van der Waals surface area contributed by atoms with Crippen LogP contribution in [0.4, 0.5) is 0 Å². The fourth-order valence-electron chi connectivity index (χ4n) is 2.51. The molecule has 100 valence electrons. The van der Waals surface area contributed by atoms with E-state index in [9.17, 15) is 0 Å². The lowest BCUT2D eigenvalue weighted by Crippen LogP contribution is -2.24. The van der Waals surface area contributed by atoms with E-state index in [1.165, 1.54) is 32.9 Å². The van der Waals surface area contributed by atoms with E-state index >= 15 is 0 Å². The van der Waals surface area contributed by atoms with Crippen LogP contribution in [0.15, 0.2) is 21.1 Å². The molecule has 3 unspecified atom stereocenters. The summed E-state index contributed by atoms with van der Waals surface area (Å²) in [6.07, 6.45) is 2.53. The van der Waals surface area contributed by atoms with Crippen LogP contribution in [0, 0.1) is 18.8 Å². The molecule has 0 heterocycles. The Bertz CT molecular complexity index is 431. The van der Waals surface area contributed by atoms with E-state index in [2.05, 4.69) is 70.1 Å². The first kappa shape index (κ1) is 14.5. The summed E-state index contributed by atoms with van der Waals surface area (Å²) >= 11 is 7.38. The fraction of sp³-hybridized carbons (Fsp3) is 0.600. The molecule has 1 aliphatic rings. The molecule has 1 aliphatic carbocycles. The lowest BCUT2D eigenvalue weighted by molar-refractivity contribution is 0.461. The third kappa shape index (κ3) is 3.17. The van der Waals surface area contributed by atoms with Gasteiger partial charge >= 0.3 is 0 Å². The Hall–Kier alpha value is 0.140. The van der Waals surface area contributed by atoms with Gasteiger partial charge in [0.15, 0.2) is 0 Å². The van der Waals surface area contributed by atoms with Gasteiger partial charge in [-0.05, 0) is 61.4 Å². The normalized spacial score (nSPS) is 24.1. The van der Waals surface area contributed by atoms with E-state index in [-0.39, 0.29) is 0 Å². The average Bonchev–Trinajstić information content (AvgIpc) is 3.03. The molecule has 2 rings (SSSR count). The first-order valence-corrected chi connectivity index (χ1v) is 8.32. The number of rotatable bonds is 5. The van der Waals surface area contributed by atoms with Gasteiger partial charge in [0.05, 0.1) is 0 Å². The maximum Gasteiger partial charge on any atom is 0.0362 e. The lowest BCUT2D eigenvalue weighted by Gasteiger charge is -2.21. The van der Waals surface area contributed by atoms with Crippen molar-refractivity contribution in [1.82, 2.24) is 5.32 Å². The summed E-state index contributed by atoms with van der Waals surface area (Å²) in [5.74, 6) is 1.65. The molecule has 0 aliphatic heterocycles. The van der Waals surface area contributed by atoms with Crippen molar-refractivity contribution in [2.45, 2.75) is 39.7 Å². The van der Waals surface area contributed by atoms with Gasteiger partial charge in [0.1, 0.15) is 0 Å². The van der Waals surface area contributed by atoms with Crippen LogP contribution in [0.3, 0.4) is 0 Å². The minimum absolute atomic E-state index is 0.492. The number of hydrogen-bond acceptors (Lipinski definition) is 1. The highest BCUT2D eigenvalue weighted by Crippen LogP contribution is 2.48. The van der Waals surface area contributed by atoms with Gasteiger partial charge in [-0.25, -0.2) is 0 Å². The summed E-state index contributed by atoms with van der Waals surface area (Å²) in [5.41, 5.74) is 2.68. The van der Waals surface area contributed by atoms with Crippen molar-refractivity contribution in [3.63, 3.8) is 0 Å². The monoisotopic (exact) mass is 373 g/mol. The summed E-state index contributed by atoms with van der Waals surface area (Å²) in [5, 5.41) is 3.71. The number of halogens is 2. The number of benzene rings is 1. The number of nitrogens with one attached hydrogen (secondary N) is 1. The zero-order valence-electron chi connectivity index (χ0n) is 11.3. The van der Waals surface area contributed by atoms with Crippen LogP contribution in [0.25, 0.3) is 0 Å². The van der Waals surface area contributed by atoms with Crippen LogP contribution in [0.2, 0.25) is 0 Å². The number of aryl methyl sites for hydroxylation is 1. The van der Waals surface area contributed by atoms with Crippen molar-refractivity contribution >= 4 is 31.9 Å². The molecule has 1 nitrogen and oxygen atoms in total. The largest absolute Gasteiger partial charge is 0.310 e. The summed E-state index contributed by atoms with van der Waals surface area (Å²) in [4.78, 5) is 0. The number of hydrogen-bond donors (Lipinski definition) is 1. The second-order valence-electron chi connectivity index (χ2n) is 5.43. The minimum atomic E-state index is 0.492. The van der Waals surface area contributed by atoms with Crippen molar-refractivity contribution in [2.75, 3.05) is 6.54 Å². The van der Waals surface area contributed by atoms with Crippen molar-refractivity contribution in [1.29, 1.82) is 0 Å². The molecule has 1 saturated carbocycles. The first-order chi connectivity index (χ1) is 8.54. The summed E-state index contributed by atoms with van der Waals surface area (Å²) < 4.78 is 2.44. The molecule has 1 aromatic rings. The van der Waals surface area contributed by atoms with E-state index in [1.54, 1.807) is 0 Å². The molecular weight excluding hydrogens is 354 g/mol. The predicted octanol–water partition coefficient (Wildman–Crippen LogP) is 5.22. The summed E-state index contributed by atoms with van der Waals surface area (Å²) in [6.45, 7) is 7.79. The fourth-order valence-corrected chi connectivity index (χ4v) is 3.57. The maximum atomic E-state index is 3.73. The van der Waals surface area contributed by atoms with Crippen molar-refractivity contribution in [3.8, 4) is 0 Å². The molecule has 0 bridgehead atoms. The Morgan fingerprint density at radius 1 is 1.33 bits per heavy atom. The van der Waals surface area contributed by atoms with E-state index in [0.29, 0.717) is 6.04 Å². The van der Waals surface area contributed by atoms with Crippen LogP contribution >= 0.6 is 31.9 Å². The van der Waals surface area contributed by atoms with Gasteiger partial charge in [0.25, 0.3) is 0 Å². The topological polar surface area (TPSA) is 12.0 Å². The quantitative estimate of drug-likeness (QED) is 0.745. The first-order valence-electron chi connectivity index (χ1n) is 6.73. The molecule has 1 aromatic carbocycles. The minimum Gasteiger partial charge on any atom is -0.310 e. The zero-order chi connectivity index (χ0) is 13.3. The predicted molar refractivity (Wildman–Crippen MR) is 84.9 cm³/mol. The van der Waals surface area contributed by atoms with Gasteiger partial charge in [0.2, 0.25) is 0 Å². The smallest absolute Gasteiger partial charge is 0.0362 e. The molecule has 0 saturated heterocycles. The van der Waals surface area contributed by atoms with Gasteiger partial charge in [-0.15, -0.1) is 0 Å². The van der Waals surface area contributed by atoms with Crippen LogP contribution in [0.5, 0.6) is 0 Å². The van der Waals surface area contributed by atoms with Crippen LogP contribution in [-0.4, -0.2) is 6.54 Å². The Morgan fingerprint density at radius 3 is 2.56 bits per heavy atom. The Kier molecular flexibility index (Phi) is 4.90. The highest BCUT2D eigenvalue weighted by Gasteiger charge is 2.40. The van der Waals surface area contributed by atoms with Gasteiger partial charge in [-0.3, -0.25) is 0 Å². The zero-order valence-corrected chi connectivity index (χ0v) is 14.4. The van der Waals surface area contributed by atoms with E-state index in [0.717, 1.165) is 18.4 Å². The lowest BCUT2D eigenvalue weighted by atomic mass is 10.00. The van der Waals surface area contributed by atoms with Crippen LogP contribution < -0.4 is 5.32 Å². The van der Waals surface area contributed by atoms with Gasteiger partial charge in [-0.1, -0.05) is 45.7 Å². The van der Waals surface area contributed by atoms with Gasteiger partial charge in [0, 0.05) is 15.0 Å². The van der Waals surface area contributed by atoms with E-state index < -0.39 is 0 Å². The van der Waals surface area contributed by atoms with Crippen LogP contribution in [-0.2, 0) is 0 Å². The van der Waals surface area contributed by atoms with Crippen molar-refractivity contribution < 1.29 is 0 Å². The summed E-state index contributed by atoms with van der Waals surface area (Å²) in [6, 6.07) is 4.98. The highest BCUT2D eigenvalue weighted by molar-refractivity contribution is 9.11. The SMILES string of the molecule is CCCNC(c1cc(Br)c(C)cc1Br)C1CC1C. The van der Waals surface area contributed by atoms with Crippen LogP contribution in [0.1, 0.15) is 43.9 Å². The molecule has 0 spiro atoms. The Labute approximate surface area is 127 Å². The molecule has 3 heteroatoms. The molecule has 0 radical (unpaired) electrons.